The van der Waals surface area contributed by atoms with Gasteiger partial charge in [0.1, 0.15) is 5.78 Å². The Bertz CT molecular complexity index is 752. The highest BCUT2D eigenvalue weighted by molar-refractivity contribution is 5.83. The lowest BCUT2D eigenvalue weighted by Crippen LogP contribution is -2.46. The summed E-state index contributed by atoms with van der Waals surface area (Å²) >= 11 is 0. The van der Waals surface area contributed by atoms with Crippen LogP contribution in [0.4, 0.5) is 0 Å². The number of allylic oxidation sites excluding steroid dienone is 6. The molecule has 4 rings (SSSR count). The van der Waals surface area contributed by atoms with Gasteiger partial charge in [0.25, 0.3) is 0 Å². The van der Waals surface area contributed by atoms with Crippen molar-refractivity contribution in [3.8, 4) is 0 Å². The Hall–Kier alpha value is -1.11. The Morgan fingerprint density at radius 1 is 0.966 bits per heavy atom. The largest absolute Gasteiger partial charge is 0.299 e. The summed E-state index contributed by atoms with van der Waals surface area (Å²) in [5.74, 6) is 4.73. The van der Waals surface area contributed by atoms with Crippen LogP contribution in [0.5, 0.6) is 0 Å². The van der Waals surface area contributed by atoms with Gasteiger partial charge in [-0.1, -0.05) is 77.0 Å². The van der Waals surface area contributed by atoms with Crippen molar-refractivity contribution in [3.05, 3.63) is 35.5 Å². The summed E-state index contributed by atoms with van der Waals surface area (Å²) in [6.45, 7) is 14.5. The molecule has 1 heteroatoms. The quantitative estimate of drug-likeness (QED) is 0.450. The van der Waals surface area contributed by atoms with Gasteiger partial charge in [0.15, 0.2) is 0 Å². The zero-order chi connectivity index (χ0) is 21.0. The molecule has 4 aliphatic rings. The summed E-state index contributed by atoms with van der Waals surface area (Å²) in [5, 5.41) is 0. The average Bonchev–Trinajstić information content (AvgIpc) is 3.03. The molecule has 0 heterocycles. The van der Waals surface area contributed by atoms with Gasteiger partial charge in [-0.05, 0) is 78.4 Å². The third-order valence-corrected chi connectivity index (χ3v) is 9.88. The fourth-order valence-corrected chi connectivity index (χ4v) is 7.43. The smallest absolute Gasteiger partial charge is 0.136 e. The van der Waals surface area contributed by atoms with Crippen LogP contribution in [0.2, 0.25) is 0 Å². The Morgan fingerprint density at radius 2 is 1.72 bits per heavy atom. The number of fused-ring (bicyclic) bond motifs is 5. The maximum atomic E-state index is 12.1. The molecule has 0 bridgehead atoms. The average molecular weight is 395 g/mol. The molecule has 3 saturated carbocycles. The molecule has 160 valence electrons. The van der Waals surface area contributed by atoms with Gasteiger partial charge >= 0.3 is 0 Å². The molecule has 7 unspecified atom stereocenters. The number of hydrogen-bond acceptors (Lipinski definition) is 1. The van der Waals surface area contributed by atoms with Crippen molar-refractivity contribution in [1.29, 1.82) is 0 Å². The summed E-state index contributed by atoms with van der Waals surface area (Å²) in [5.41, 5.74) is 3.86. The van der Waals surface area contributed by atoms with Crippen LogP contribution in [0.1, 0.15) is 86.5 Å². The van der Waals surface area contributed by atoms with E-state index >= 15 is 0 Å². The first-order valence-electron chi connectivity index (χ1n) is 12.3. The molecule has 3 fully saturated rings. The number of carbonyl (C=O) groups is 1. The van der Waals surface area contributed by atoms with Crippen LogP contribution < -0.4 is 0 Å². The van der Waals surface area contributed by atoms with Gasteiger partial charge in [0.2, 0.25) is 0 Å². The highest BCUT2D eigenvalue weighted by atomic mass is 16.1. The summed E-state index contributed by atoms with van der Waals surface area (Å²) in [4.78, 5) is 12.1. The minimum absolute atomic E-state index is 0.246. The normalized spacial score (nSPS) is 41.5. The zero-order valence-corrected chi connectivity index (χ0v) is 19.6. The predicted octanol–water partition coefficient (Wildman–Crippen LogP) is 7.54. The van der Waals surface area contributed by atoms with Crippen molar-refractivity contribution < 1.29 is 4.79 Å². The Kier molecular flexibility index (Phi) is 5.50. The SMILES string of the molecule is CC(C)C(C)C=CC(C)C1CCC2C3=CC=C4CC(=O)CCC4(C)C3CCC21C. The van der Waals surface area contributed by atoms with Gasteiger partial charge in [0, 0.05) is 12.8 Å². The summed E-state index contributed by atoms with van der Waals surface area (Å²) < 4.78 is 0. The van der Waals surface area contributed by atoms with E-state index in [1.165, 1.54) is 31.3 Å². The molecule has 29 heavy (non-hydrogen) atoms. The first-order chi connectivity index (χ1) is 13.7. The van der Waals surface area contributed by atoms with Crippen LogP contribution in [-0.2, 0) is 4.79 Å². The molecule has 0 aliphatic heterocycles. The second kappa shape index (κ2) is 7.54. The highest BCUT2D eigenvalue weighted by Crippen LogP contribution is 2.65. The molecule has 0 saturated heterocycles. The number of ketones is 1. The third kappa shape index (κ3) is 3.41. The van der Waals surface area contributed by atoms with Crippen molar-refractivity contribution in [3.63, 3.8) is 0 Å². The minimum Gasteiger partial charge on any atom is -0.299 e. The van der Waals surface area contributed by atoms with E-state index in [0.29, 0.717) is 35.4 Å². The second-order valence-electron chi connectivity index (χ2n) is 11.7. The van der Waals surface area contributed by atoms with Gasteiger partial charge in [-0.25, -0.2) is 0 Å². The van der Waals surface area contributed by atoms with E-state index in [1.54, 1.807) is 5.57 Å². The van der Waals surface area contributed by atoms with Crippen LogP contribution in [0.25, 0.3) is 0 Å². The molecule has 0 aromatic heterocycles. The molecule has 1 nitrogen and oxygen atoms in total. The first kappa shape index (κ1) is 21.1. The lowest BCUT2D eigenvalue weighted by atomic mass is 9.50. The third-order valence-electron chi connectivity index (χ3n) is 9.88. The van der Waals surface area contributed by atoms with Gasteiger partial charge in [-0.2, -0.15) is 0 Å². The second-order valence-corrected chi connectivity index (χ2v) is 11.7. The van der Waals surface area contributed by atoms with E-state index in [4.69, 9.17) is 0 Å². The lowest BCUT2D eigenvalue weighted by Gasteiger charge is -2.54. The Labute approximate surface area is 179 Å². The van der Waals surface area contributed by atoms with E-state index < -0.39 is 0 Å². The maximum Gasteiger partial charge on any atom is 0.136 e. The van der Waals surface area contributed by atoms with Crippen LogP contribution in [-0.4, -0.2) is 5.78 Å². The zero-order valence-electron chi connectivity index (χ0n) is 19.6. The number of Topliss-reactive ketones (excluding diaryl/α,β-unsaturated/α-hetero) is 1. The van der Waals surface area contributed by atoms with E-state index in [0.717, 1.165) is 30.6 Å². The fourth-order valence-electron chi connectivity index (χ4n) is 7.43. The van der Waals surface area contributed by atoms with E-state index in [9.17, 15) is 4.79 Å². The standard InChI is InChI=1S/C28H42O/c1-18(2)19(3)7-8-20(4)24-11-12-25-23-10-9-21-17-22(29)13-15-27(21,5)26(23)14-16-28(24,25)6/h7-10,18-20,24-26H,11-17H2,1-6H3. The Balaban J connectivity index is 1.57. The van der Waals surface area contributed by atoms with Gasteiger partial charge in [-0.3, -0.25) is 4.79 Å². The minimum atomic E-state index is 0.246. The molecule has 0 aromatic rings. The fraction of sp³-hybridized carbons (Fsp3) is 0.750. The maximum absolute atomic E-state index is 12.1. The van der Waals surface area contributed by atoms with Crippen molar-refractivity contribution in [2.24, 2.45) is 46.3 Å². The first-order valence-corrected chi connectivity index (χ1v) is 12.3. The topological polar surface area (TPSA) is 17.1 Å². The summed E-state index contributed by atoms with van der Waals surface area (Å²) in [7, 11) is 0. The van der Waals surface area contributed by atoms with E-state index in [2.05, 4.69) is 65.8 Å². The molecular formula is C28H42O. The molecule has 7 atom stereocenters. The predicted molar refractivity (Wildman–Crippen MR) is 122 cm³/mol. The lowest BCUT2D eigenvalue weighted by molar-refractivity contribution is -0.120. The van der Waals surface area contributed by atoms with Crippen molar-refractivity contribution in [2.45, 2.75) is 86.5 Å². The molecule has 0 radical (unpaired) electrons. The number of rotatable bonds is 4. The molecule has 4 aliphatic carbocycles. The molecule has 0 amide bonds. The van der Waals surface area contributed by atoms with Crippen LogP contribution >= 0.6 is 0 Å². The number of hydrogen-bond donors (Lipinski definition) is 0. The number of carbonyl (C=O) groups excluding carboxylic acids is 1. The van der Waals surface area contributed by atoms with Gasteiger partial charge in [-0.15, -0.1) is 0 Å². The highest BCUT2D eigenvalue weighted by Gasteiger charge is 2.56. The van der Waals surface area contributed by atoms with Crippen LogP contribution in [0, 0.1) is 46.3 Å². The van der Waals surface area contributed by atoms with E-state index in [1.807, 2.05) is 0 Å². The van der Waals surface area contributed by atoms with Crippen molar-refractivity contribution in [2.75, 3.05) is 0 Å². The van der Waals surface area contributed by atoms with Gasteiger partial charge in [0.05, 0.1) is 0 Å². The van der Waals surface area contributed by atoms with E-state index in [-0.39, 0.29) is 5.41 Å². The summed E-state index contributed by atoms with van der Waals surface area (Å²) in [6.07, 6.45) is 17.8. The molecule has 0 N–H and O–H groups in total. The van der Waals surface area contributed by atoms with Crippen LogP contribution in [0.3, 0.4) is 0 Å². The van der Waals surface area contributed by atoms with Gasteiger partial charge < -0.3 is 0 Å². The van der Waals surface area contributed by atoms with Crippen molar-refractivity contribution >= 4 is 5.78 Å². The Morgan fingerprint density at radius 3 is 2.45 bits per heavy atom. The van der Waals surface area contributed by atoms with Crippen molar-refractivity contribution in [1.82, 2.24) is 0 Å². The summed E-state index contributed by atoms with van der Waals surface area (Å²) in [6, 6.07) is 0. The van der Waals surface area contributed by atoms with Crippen LogP contribution in [0.15, 0.2) is 35.5 Å². The molecule has 0 spiro atoms. The molecule has 0 aromatic carbocycles. The molecular weight excluding hydrogens is 352 g/mol. The monoisotopic (exact) mass is 394 g/mol.